The van der Waals surface area contributed by atoms with Gasteiger partial charge >= 0.3 is 5.97 Å². The zero-order valence-corrected chi connectivity index (χ0v) is 14.8. The van der Waals surface area contributed by atoms with Gasteiger partial charge in [0.15, 0.2) is 0 Å². The minimum absolute atomic E-state index is 0.229. The van der Waals surface area contributed by atoms with Crippen molar-refractivity contribution < 1.29 is 18.7 Å². The molecule has 0 bridgehead atoms. The highest BCUT2D eigenvalue weighted by molar-refractivity contribution is 5.86. The van der Waals surface area contributed by atoms with Gasteiger partial charge in [0.05, 0.1) is 13.7 Å². The molecule has 2 aliphatic heterocycles. The van der Waals surface area contributed by atoms with Gasteiger partial charge in [-0.05, 0) is 50.8 Å². The Kier molecular flexibility index (Phi) is 4.31. The number of hydrogen-bond donors (Lipinski definition) is 0. The lowest BCUT2D eigenvalue weighted by molar-refractivity contribution is -0.140. The maximum atomic E-state index is 12.2. The third-order valence-electron chi connectivity index (χ3n) is 5.85. The molecule has 3 heterocycles. The van der Waals surface area contributed by atoms with Gasteiger partial charge < -0.3 is 14.1 Å². The van der Waals surface area contributed by atoms with Crippen molar-refractivity contribution >= 4 is 11.9 Å². The number of carbonyl (C=O) groups excluding carboxylic acids is 2. The predicted octanol–water partition coefficient (Wildman–Crippen LogP) is 2.43. The second-order valence-electron chi connectivity index (χ2n) is 7.82. The first-order valence-corrected chi connectivity index (χ1v) is 9.27. The monoisotopic (exact) mass is 346 g/mol. The molecule has 0 aromatic carbocycles. The first-order chi connectivity index (χ1) is 12.1. The molecule has 1 atom stereocenters. The summed E-state index contributed by atoms with van der Waals surface area (Å²) < 4.78 is 10.3. The summed E-state index contributed by atoms with van der Waals surface area (Å²) >= 11 is 0. The van der Waals surface area contributed by atoms with E-state index in [4.69, 9.17) is 9.15 Å². The van der Waals surface area contributed by atoms with Crippen molar-refractivity contribution in [2.45, 2.75) is 51.1 Å². The topological polar surface area (TPSA) is 63.0 Å². The van der Waals surface area contributed by atoms with Crippen LogP contribution in [-0.2, 0) is 16.1 Å². The van der Waals surface area contributed by atoms with Gasteiger partial charge in [-0.1, -0.05) is 0 Å². The predicted molar refractivity (Wildman–Crippen MR) is 91.0 cm³/mol. The van der Waals surface area contributed by atoms with Crippen LogP contribution in [0.1, 0.15) is 54.8 Å². The Morgan fingerprint density at radius 1 is 1.32 bits per heavy atom. The van der Waals surface area contributed by atoms with Crippen molar-refractivity contribution in [2.75, 3.05) is 26.7 Å². The molecule has 1 saturated carbocycles. The normalized spacial score (nSPS) is 27.7. The Hall–Kier alpha value is -1.82. The molecule has 0 unspecified atom stereocenters. The van der Waals surface area contributed by atoms with Crippen LogP contribution in [0.4, 0.5) is 0 Å². The maximum absolute atomic E-state index is 12.2. The van der Waals surface area contributed by atoms with Gasteiger partial charge in [0.1, 0.15) is 5.76 Å². The summed E-state index contributed by atoms with van der Waals surface area (Å²) in [5, 5.41) is 0. The van der Waals surface area contributed by atoms with E-state index >= 15 is 0 Å². The van der Waals surface area contributed by atoms with Gasteiger partial charge in [0.2, 0.25) is 11.7 Å². The molecular weight excluding hydrogens is 320 g/mol. The average molecular weight is 346 g/mol. The van der Waals surface area contributed by atoms with Crippen LogP contribution in [0, 0.1) is 5.41 Å². The summed E-state index contributed by atoms with van der Waals surface area (Å²) in [4.78, 5) is 28.3. The molecule has 0 radical (unpaired) electrons. The molecule has 3 fully saturated rings. The van der Waals surface area contributed by atoms with E-state index in [0.29, 0.717) is 24.9 Å². The summed E-state index contributed by atoms with van der Waals surface area (Å²) in [7, 11) is 1.36. The molecule has 25 heavy (non-hydrogen) atoms. The molecular formula is C19H26N2O4. The number of amides is 1. The molecule has 1 aromatic rings. The van der Waals surface area contributed by atoms with E-state index in [1.807, 2.05) is 6.07 Å². The number of likely N-dealkylation sites (tertiary alicyclic amines) is 2. The average Bonchev–Trinajstić information content (AvgIpc) is 3.36. The highest BCUT2D eigenvalue weighted by Gasteiger charge is 2.45. The lowest BCUT2D eigenvalue weighted by atomic mass is 9.73. The highest BCUT2D eigenvalue weighted by atomic mass is 16.5. The van der Waals surface area contributed by atoms with E-state index in [1.165, 1.54) is 26.4 Å². The molecule has 0 N–H and O–H groups in total. The quantitative estimate of drug-likeness (QED) is 0.784. The fourth-order valence-electron chi connectivity index (χ4n) is 4.44. The van der Waals surface area contributed by atoms with Crippen molar-refractivity contribution in [3.8, 4) is 0 Å². The van der Waals surface area contributed by atoms with Gasteiger partial charge in [-0.15, -0.1) is 0 Å². The fraction of sp³-hybridized carbons (Fsp3) is 0.684. The molecule has 3 aliphatic rings. The molecule has 2 saturated heterocycles. The first-order valence-electron chi connectivity index (χ1n) is 9.27. The maximum Gasteiger partial charge on any atom is 0.373 e. The molecule has 136 valence electrons. The smallest absolute Gasteiger partial charge is 0.373 e. The third kappa shape index (κ3) is 3.45. The summed E-state index contributed by atoms with van der Waals surface area (Å²) in [6, 6.07) is 4.04. The number of esters is 1. The Bertz CT molecular complexity index is 666. The summed E-state index contributed by atoms with van der Waals surface area (Å²) in [5.74, 6) is 0.960. The number of ether oxygens (including phenoxy) is 1. The number of nitrogens with zero attached hydrogens (tertiary/aromatic N) is 2. The number of furan rings is 1. The second-order valence-corrected chi connectivity index (χ2v) is 7.82. The zero-order valence-electron chi connectivity index (χ0n) is 14.8. The Balaban J connectivity index is 1.41. The number of carbonyl (C=O) groups is 2. The molecule has 1 aliphatic carbocycles. The molecule has 1 aromatic heterocycles. The van der Waals surface area contributed by atoms with Crippen molar-refractivity contribution in [3.63, 3.8) is 0 Å². The van der Waals surface area contributed by atoms with Crippen LogP contribution in [0.15, 0.2) is 16.5 Å². The van der Waals surface area contributed by atoms with E-state index in [2.05, 4.69) is 9.80 Å². The van der Waals surface area contributed by atoms with Gasteiger partial charge in [0.25, 0.3) is 0 Å². The van der Waals surface area contributed by atoms with Crippen LogP contribution >= 0.6 is 0 Å². The molecule has 1 amide bonds. The van der Waals surface area contributed by atoms with Crippen molar-refractivity contribution in [1.29, 1.82) is 0 Å². The minimum atomic E-state index is -0.438. The summed E-state index contributed by atoms with van der Waals surface area (Å²) in [6.07, 6.45) is 6.39. The molecule has 4 rings (SSSR count). The lowest BCUT2D eigenvalue weighted by Crippen LogP contribution is -2.54. The SMILES string of the molecule is COC(=O)c1ccc(CN2CCC[C@@]3(CCC(=O)N(C4CC4)C3)C2)o1. The van der Waals surface area contributed by atoms with Gasteiger partial charge in [-0.2, -0.15) is 0 Å². The summed E-state index contributed by atoms with van der Waals surface area (Å²) in [5.41, 5.74) is 0.229. The molecule has 6 heteroatoms. The van der Waals surface area contributed by atoms with E-state index in [0.717, 1.165) is 38.2 Å². The van der Waals surface area contributed by atoms with Crippen molar-refractivity contribution in [1.82, 2.24) is 9.80 Å². The Morgan fingerprint density at radius 3 is 2.92 bits per heavy atom. The van der Waals surface area contributed by atoms with E-state index in [-0.39, 0.29) is 11.2 Å². The highest BCUT2D eigenvalue weighted by Crippen LogP contribution is 2.42. The first kappa shape index (κ1) is 16.6. The van der Waals surface area contributed by atoms with Crippen LogP contribution in [0.2, 0.25) is 0 Å². The Morgan fingerprint density at radius 2 is 2.16 bits per heavy atom. The largest absolute Gasteiger partial charge is 0.463 e. The lowest BCUT2D eigenvalue weighted by Gasteiger charge is -2.48. The van der Waals surface area contributed by atoms with E-state index in [9.17, 15) is 9.59 Å². The number of piperidine rings is 2. The number of hydrogen-bond acceptors (Lipinski definition) is 5. The zero-order chi connectivity index (χ0) is 17.4. The van der Waals surface area contributed by atoms with E-state index < -0.39 is 5.97 Å². The number of rotatable bonds is 4. The van der Waals surface area contributed by atoms with Gasteiger partial charge in [-0.25, -0.2) is 4.79 Å². The fourth-order valence-corrected chi connectivity index (χ4v) is 4.44. The minimum Gasteiger partial charge on any atom is -0.463 e. The third-order valence-corrected chi connectivity index (χ3v) is 5.85. The van der Waals surface area contributed by atoms with E-state index in [1.54, 1.807) is 6.07 Å². The molecule has 6 nitrogen and oxygen atoms in total. The van der Waals surface area contributed by atoms with Crippen LogP contribution in [0.3, 0.4) is 0 Å². The van der Waals surface area contributed by atoms with Gasteiger partial charge in [0, 0.05) is 31.0 Å². The van der Waals surface area contributed by atoms with Gasteiger partial charge in [-0.3, -0.25) is 9.69 Å². The molecule has 1 spiro atoms. The van der Waals surface area contributed by atoms with Crippen LogP contribution in [0.5, 0.6) is 0 Å². The van der Waals surface area contributed by atoms with Crippen LogP contribution in [-0.4, -0.2) is 54.5 Å². The number of methoxy groups -OCH3 is 1. The van der Waals surface area contributed by atoms with Crippen LogP contribution in [0.25, 0.3) is 0 Å². The van der Waals surface area contributed by atoms with Crippen molar-refractivity contribution in [3.05, 3.63) is 23.7 Å². The standard InChI is InChI=1S/C19H26N2O4/c1-24-18(23)16-6-5-15(25-16)11-20-10-2-8-19(12-20)9-7-17(22)21(13-19)14-3-4-14/h5-6,14H,2-4,7-13H2,1H3/t19-/m1/s1. The van der Waals surface area contributed by atoms with Crippen LogP contribution < -0.4 is 0 Å². The summed E-state index contributed by atoms with van der Waals surface area (Å²) in [6.45, 7) is 3.65. The second kappa shape index (κ2) is 6.48. The van der Waals surface area contributed by atoms with Crippen molar-refractivity contribution in [2.24, 2.45) is 5.41 Å². The Labute approximate surface area is 148 Å².